The molecule has 10 heteroatoms. The van der Waals surface area contributed by atoms with Crippen molar-refractivity contribution in [3.05, 3.63) is 35.4 Å². The Morgan fingerprint density at radius 3 is 2.76 bits per heavy atom. The van der Waals surface area contributed by atoms with E-state index in [1.54, 1.807) is 6.07 Å². The quantitative estimate of drug-likeness (QED) is 0.826. The summed E-state index contributed by atoms with van der Waals surface area (Å²) in [6, 6.07) is 4.75. The van der Waals surface area contributed by atoms with Crippen molar-refractivity contribution in [1.29, 1.82) is 5.26 Å². The average molecular weight is 355 g/mol. The molecule has 0 radical (unpaired) electrons. The van der Waals surface area contributed by atoms with Gasteiger partial charge in [-0.3, -0.25) is 10.1 Å². The molecule has 1 aliphatic heterocycles. The van der Waals surface area contributed by atoms with Crippen molar-refractivity contribution in [3.8, 4) is 6.07 Å². The van der Waals surface area contributed by atoms with E-state index in [9.17, 15) is 27.6 Å². The highest BCUT2D eigenvalue weighted by molar-refractivity contribution is 5.99. The molecular formula is C15H12F3N3O4. The molecule has 1 fully saturated rings. The maximum atomic E-state index is 12.6. The lowest BCUT2D eigenvalue weighted by Gasteiger charge is -2.28. The van der Waals surface area contributed by atoms with Crippen LogP contribution in [0.2, 0.25) is 0 Å². The van der Waals surface area contributed by atoms with Gasteiger partial charge in [0.2, 0.25) is 5.91 Å². The maximum Gasteiger partial charge on any atom is 0.416 e. The molecule has 132 valence electrons. The van der Waals surface area contributed by atoms with Gasteiger partial charge in [-0.2, -0.15) is 18.4 Å². The van der Waals surface area contributed by atoms with E-state index in [0.29, 0.717) is 6.07 Å². The number of nitrogens with zero attached hydrogens (tertiary/aromatic N) is 2. The van der Waals surface area contributed by atoms with Gasteiger partial charge < -0.3 is 9.64 Å². The maximum absolute atomic E-state index is 12.6. The summed E-state index contributed by atoms with van der Waals surface area (Å²) in [5.41, 5.74) is -1.25. The number of amides is 3. The van der Waals surface area contributed by atoms with E-state index in [1.165, 1.54) is 6.07 Å². The van der Waals surface area contributed by atoms with Gasteiger partial charge in [0.1, 0.15) is 12.5 Å². The molecule has 2 rings (SSSR count). The van der Waals surface area contributed by atoms with Crippen LogP contribution in [0.3, 0.4) is 0 Å². The predicted molar refractivity (Wildman–Crippen MR) is 75.9 cm³/mol. The third-order valence-electron chi connectivity index (χ3n) is 3.41. The van der Waals surface area contributed by atoms with Gasteiger partial charge >= 0.3 is 18.2 Å². The summed E-state index contributed by atoms with van der Waals surface area (Å²) < 4.78 is 42.7. The Kier molecular flexibility index (Phi) is 5.26. The van der Waals surface area contributed by atoms with Crippen LogP contribution in [0.5, 0.6) is 0 Å². The molecule has 25 heavy (non-hydrogen) atoms. The second-order valence-electron chi connectivity index (χ2n) is 5.14. The van der Waals surface area contributed by atoms with Crippen LogP contribution in [0, 0.1) is 17.2 Å². The number of imide groups is 1. The number of nitrogens with one attached hydrogen (secondary N) is 1. The first-order valence-corrected chi connectivity index (χ1v) is 7.06. The minimum absolute atomic E-state index is 0.109. The molecule has 1 aromatic carbocycles. The largest absolute Gasteiger partial charge is 0.460 e. The predicted octanol–water partition coefficient (Wildman–Crippen LogP) is 1.55. The second-order valence-corrected chi connectivity index (χ2v) is 5.14. The smallest absolute Gasteiger partial charge is 0.416 e. The normalized spacial score (nSPS) is 17.7. The standard InChI is InChI=1S/C15H12F3N3O4/c16-15(17,18)11-3-1-2-9(6-11)13(23)25-5-4-21-8-10(7-19)12(22)20-14(21)24/h1-3,6,10H,4-5,8H2,(H,20,22,24). The van der Waals surface area contributed by atoms with Crippen molar-refractivity contribution < 1.29 is 32.3 Å². The van der Waals surface area contributed by atoms with Gasteiger partial charge in [-0.05, 0) is 18.2 Å². The third kappa shape index (κ3) is 4.47. The van der Waals surface area contributed by atoms with E-state index >= 15 is 0 Å². The fraction of sp³-hybridized carbons (Fsp3) is 0.333. The van der Waals surface area contributed by atoms with E-state index in [1.807, 2.05) is 5.32 Å². The minimum atomic E-state index is -4.58. The van der Waals surface area contributed by atoms with Gasteiger partial charge in [0.15, 0.2) is 0 Å². The lowest BCUT2D eigenvalue weighted by atomic mass is 10.1. The van der Waals surface area contributed by atoms with Crippen molar-refractivity contribution in [2.75, 3.05) is 19.7 Å². The Morgan fingerprint density at radius 2 is 2.12 bits per heavy atom. The third-order valence-corrected chi connectivity index (χ3v) is 3.41. The Hall–Kier alpha value is -3.09. The number of alkyl halides is 3. The topological polar surface area (TPSA) is 99.5 Å². The number of rotatable bonds is 4. The monoisotopic (exact) mass is 355 g/mol. The molecule has 0 aromatic heterocycles. The first kappa shape index (κ1) is 18.3. The van der Waals surface area contributed by atoms with Crippen LogP contribution in [-0.2, 0) is 15.7 Å². The van der Waals surface area contributed by atoms with Gasteiger partial charge in [-0.15, -0.1) is 0 Å². The zero-order valence-electron chi connectivity index (χ0n) is 12.7. The molecule has 1 N–H and O–H groups in total. The van der Waals surface area contributed by atoms with Crippen LogP contribution in [-0.4, -0.2) is 42.5 Å². The summed E-state index contributed by atoms with van der Waals surface area (Å²) in [4.78, 5) is 35.8. The first-order valence-electron chi connectivity index (χ1n) is 7.06. The van der Waals surface area contributed by atoms with Gasteiger partial charge in [-0.1, -0.05) is 6.07 Å². The average Bonchev–Trinajstić information content (AvgIpc) is 2.56. The molecule has 7 nitrogen and oxygen atoms in total. The Balaban J connectivity index is 1.92. The molecule has 1 heterocycles. The van der Waals surface area contributed by atoms with Crippen LogP contribution in [0.15, 0.2) is 24.3 Å². The van der Waals surface area contributed by atoms with E-state index in [-0.39, 0.29) is 25.3 Å². The number of hydrogen-bond acceptors (Lipinski definition) is 5. The van der Waals surface area contributed by atoms with Crippen LogP contribution >= 0.6 is 0 Å². The van der Waals surface area contributed by atoms with Crippen LogP contribution in [0.1, 0.15) is 15.9 Å². The van der Waals surface area contributed by atoms with Gasteiger partial charge in [0, 0.05) is 6.54 Å². The highest BCUT2D eigenvalue weighted by atomic mass is 19.4. The molecular weight excluding hydrogens is 343 g/mol. The van der Waals surface area contributed by atoms with Gasteiger partial charge in [0.25, 0.3) is 0 Å². The van der Waals surface area contributed by atoms with Crippen molar-refractivity contribution in [1.82, 2.24) is 10.2 Å². The lowest BCUT2D eigenvalue weighted by molar-refractivity contribution is -0.137. The van der Waals surface area contributed by atoms with Crippen molar-refractivity contribution in [2.24, 2.45) is 5.92 Å². The van der Waals surface area contributed by atoms with Gasteiger partial charge in [0.05, 0.1) is 23.7 Å². The molecule has 0 aliphatic carbocycles. The zero-order valence-corrected chi connectivity index (χ0v) is 12.7. The summed E-state index contributed by atoms with van der Waals surface area (Å²) in [5.74, 6) is -2.71. The highest BCUT2D eigenvalue weighted by Crippen LogP contribution is 2.29. The van der Waals surface area contributed by atoms with Crippen LogP contribution in [0.25, 0.3) is 0 Å². The highest BCUT2D eigenvalue weighted by Gasteiger charge is 2.32. The molecule has 3 amide bonds. The molecule has 1 unspecified atom stereocenters. The van der Waals surface area contributed by atoms with Crippen molar-refractivity contribution in [3.63, 3.8) is 0 Å². The molecule has 1 saturated heterocycles. The van der Waals surface area contributed by atoms with E-state index < -0.39 is 35.6 Å². The number of carbonyl (C=O) groups excluding carboxylic acids is 3. The van der Waals surface area contributed by atoms with Crippen molar-refractivity contribution in [2.45, 2.75) is 6.18 Å². The first-order chi connectivity index (χ1) is 11.7. The van der Waals surface area contributed by atoms with E-state index in [0.717, 1.165) is 17.0 Å². The molecule has 1 aliphatic rings. The number of benzene rings is 1. The molecule has 0 spiro atoms. The number of carbonyl (C=O) groups is 3. The summed E-state index contributed by atoms with van der Waals surface area (Å²) in [6.45, 7) is -0.556. The van der Waals surface area contributed by atoms with Crippen molar-refractivity contribution >= 4 is 17.9 Å². The Morgan fingerprint density at radius 1 is 1.40 bits per heavy atom. The van der Waals surface area contributed by atoms with E-state index in [2.05, 4.69) is 0 Å². The lowest BCUT2D eigenvalue weighted by Crippen LogP contribution is -2.54. The number of nitriles is 1. The number of esters is 1. The molecule has 1 aromatic rings. The van der Waals surface area contributed by atoms with Gasteiger partial charge in [-0.25, -0.2) is 9.59 Å². The molecule has 1 atom stereocenters. The molecule has 0 bridgehead atoms. The van der Waals surface area contributed by atoms with Crippen LogP contribution in [0.4, 0.5) is 18.0 Å². The summed E-state index contributed by atoms with van der Waals surface area (Å²) in [5, 5.41) is 10.8. The Labute approximate surface area is 140 Å². The minimum Gasteiger partial charge on any atom is -0.460 e. The fourth-order valence-corrected chi connectivity index (χ4v) is 2.10. The zero-order chi connectivity index (χ0) is 18.6. The number of hydrogen-bond donors (Lipinski definition) is 1. The fourth-order valence-electron chi connectivity index (χ4n) is 2.10. The SMILES string of the molecule is N#CC1CN(CCOC(=O)c2cccc(C(F)(F)F)c2)C(=O)NC1=O. The molecule has 0 saturated carbocycles. The second kappa shape index (κ2) is 7.21. The number of urea groups is 1. The summed E-state index contributed by atoms with van der Waals surface area (Å²) in [7, 11) is 0. The van der Waals surface area contributed by atoms with E-state index in [4.69, 9.17) is 10.00 Å². The Bertz CT molecular complexity index is 742. The number of ether oxygens (including phenoxy) is 1. The summed E-state index contributed by atoms with van der Waals surface area (Å²) in [6.07, 6.45) is -4.58. The number of halogens is 3. The van der Waals surface area contributed by atoms with Crippen LogP contribution < -0.4 is 5.32 Å². The summed E-state index contributed by atoms with van der Waals surface area (Å²) >= 11 is 0.